The summed E-state index contributed by atoms with van der Waals surface area (Å²) in [6.45, 7) is 3.65. The van der Waals surface area contributed by atoms with Crippen LogP contribution < -0.4 is 0 Å². The molecule has 1 aliphatic heterocycles. The second kappa shape index (κ2) is 2.93. The van der Waals surface area contributed by atoms with Crippen LogP contribution in [0.4, 0.5) is 0 Å². The maximum Gasteiger partial charge on any atom is 0.123 e. The lowest BCUT2D eigenvalue weighted by molar-refractivity contribution is 0.465. The number of likely N-dealkylation sites (N-methyl/N-ethyl adjacent to an activating group) is 1. The van der Waals surface area contributed by atoms with Crippen molar-refractivity contribution in [2.75, 3.05) is 7.05 Å². The lowest BCUT2D eigenvalue weighted by Crippen LogP contribution is -2.21. The van der Waals surface area contributed by atoms with E-state index in [-0.39, 0.29) is 5.50 Å². The van der Waals surface area contributed by atoms with Crippen LogP contribution in [0.1, 0.15) is 0 Å². The van der Waals surface area contributed by atoms with Gasteiger partial charge in [-0.3, -0.25) is 0 Å². The first-order valence-electron chi connectivity index (χ1n) is 3.12. The molecular weight excluding hydrogens is 146 g/mol. The Morgan fingerprint density at radius 3 is 3.00 bits per heavy atom. The van der Waals surface area contributed by atoms with Crippen molar-refractivity contribution in [2.45, 2.75) is 5.50 Å². The van der Waals surface area contributed by atoms with Crippen molar-refractivity contribution in [3.63, 3.8) is 0 Å². The number of alkyl halides is 1. The molecule has 1 aliphatic rings. The standard InChI is InChI=1S/C8H10ClN/c1-3-7-4-5-10(2)8(9)6-7/h3-6,8H,1H2,2H3. The van der Waals surface area contributed by atoms with Gasteiger partial charge in [0, 0.05) is 13.2 Å². The van der Waals surface area contributed by atoms with Crippen LogP contribution in [0.3, 0.4) is 0 Å². The zero-order valence-electron chi connectivity index (χ0n) is 5.92. The van der Waals surface area contributed by atoms with Crippen LogP contribution in [0.5, 0.6) is 0 Å². The Kier molecular flexibility index (Phi) is 2.17. The maximum atomic E-state index is 5.89. The Balaban J connectivity index is 2.75. The number of hydrogen-bond donors (Lipinski definition) is 0. The van der Waals surface area contributed by atoms with E-state index in [0.29, 0.717) is 0 Å². The molecule has 0 aromatic heterocycles. The highest BCUT2D eigenvalue weighted by Crippen LogP contribution is 2.14. The van der Waals surface area contributed by atoms with Crippen LogP contribution in [0.25, 0.3) is 0 Å². The van der Waals surface area contributed by atoms with Crippen molar-refractivity contribution >= 4 is 11.6 Å². The number of hydrogen-bond acceptors (Lipinski definition) is 1. The lowest BCUT2D eigenvalue weighted by Gasteiger charge is -2.21. The molecule has 0 saturated carbocycles. The van der Waals surface area contributed by atoms with Gasteiger partial charge in [0.25, 0.3) is 0 Å². The van der Waals surface area contributed by atoms with Crippen LogP contribution in [-0.2, 0) is 0 Å². The molecule has 0 bridgehead atoms. The van der Waals surface area contributed by atoms with Crippen LogP contribution in [0.2, 0.25) is 0 Å². The molecule has 1 unspecified atom stereocenters. The first-order chi connectivity index (χ1) is 4.74. The third kappa shape index (κ3) is 1.42. The van der Waals surface area contributed by atoms with Gasteiger partial charge < -0.3 is 4.90 Å². The SMILES string of the molecule is C=CC1=CC(Cl)N(C)C=C1. The zero-order chi connectivity index (χ0) is 7.56. The van der Waals surface area contributed by atoms with E-state index in [1.807, 2.05) is 30.3 Å². The minimum absolute atomic E-state index is 0.0296. The fourth-order valence-electron chi connectivity index (χ4n) is 0.754. The largest absolute Gasteiger partial charge is 0.361 e. The Bertz CT molecular complexity index is 193. The Morgan fingerprint density at radius 1 is 1.80 bits per heavy atom. The normalized spacial score (nSPS) is 24.4. The second-order valence-corrected chi connectivity index (χ2v) is 2.67. The zero-order valence-corrected chi connectivity index (χ0v) is 6.67. The maximum absolute atomic E-state index is 5.89. The summed E-state index contributed by atoms with van der Waals surface area (Å²) >= 11 is 5.89. The Labute approximate surface area is 66.3 Å². The molecule has 0 saturated heterocycles. The quantitative estimate of drug-likeness (QED) is 0.414. The fourth-order valence-corrected chi connectivity index (χ4v) is 0.964. The van der Waals surface area contributed by atoms with Gasteiger partial charge in [0.15, 0.2) is 0 Å². The summed E-state index contributed by atoms with van der Waals surface area (Å²) in [7, 11) is 1.94. The van der Waals surface area contributed by atoms with Gasteiger partial charge in [-0.15, -0.1) is 0 Å². The average molecular weight is 156 g/mol. The van der Waals surface area contributed by atoms with Crippen molar-refractivity contribution in [3.05, 3.63) is 36.6 Å². The van der Waals surface area contributed by atoms with Gasteiger partial charge in [0.1, 0.15) is 5.50 Å². The molecule has 54 valence electrons. The van der Waals surface area contributed by atoms with Crippen molar-refractivity contribution < 1.29 is 0 Å². The van der Waals surface area contributed by atoms with E-state index in [2.05, 4.69) is 6.58 Å². The van der Waals surface area contributed by atoms with Gasteiger partial charge >= 0.3 is 0 Å². The molecular formula is C8H10ClN. The Morgan fingerprint density at radius 2 is 2.50 bits per heavy atom. The molecule has 0 aromatic rings. The highest BCUT2D eigenvalue weighted by Gasteiger charge is 2.07. The Hall–Kier alpha value is -0.690. The second-order valence-electron chi connectivity index (χ2n) is 2.22. The van der Waals surface area contributed by atoms with Crippen LogP contribution in [-0.4, -0.2) is 17.4 Å². The molecule has 10 heavy (non-hydrogen) atoms. The lowest BCUT2D eigenvalue weighted by atomic mass is 10.2. The summed E-state index contributed by atoms with van der Waals surface area (Å²) in [6.07, 6.45) is 7.66. The molecule has 0 fully saturated rings. The molecule has 1 atom stereocenters. The molecule has 2 heteroatoms. The van der Waals surface area contributed by atoms with Gasteiger partial charge in [0.05, 0.1) is 0 Å². The highest BCUT2D eigenvalue weighted by atomic mass is 35.5. The van der Waals surface area contributed by atoms with E-state index >= 15 is 0 Å². The monoisotopic (exact) mass is 155 g/mol. The topological polar surface area (TPSA) is 3.24 Å². The van der Waals surface area contributed by atoms with E-state index in [9.17, 15) is 0 Å². The van der Waals surface area contributed by atoms with Crippen LogP contribution in [0, 0.1) is 0 Å². The summed E-state index contributed by atoms with van der Waals surface area (Å²) in [6, 6.07) is 0. The predicted molar refractivity (Wildman–Crippen MR) is 44.8 cm³/mol. The number of rotatable bonds is 1. The van der Waals surface area contributed by atoms with Crippen LogP contribution >= 0.6 is 11.6 Å². The van der Waals surface area contributed by atoms with E-state index in [4.69, 9.17) is 11.6 Å². The number of allylic oxidation sites excluding steroid dienone is 3. The van der Waals surface area contributed by atoms with E-state index in [0.717, 1.165) is 5.57 Å². The van der Waals surface area contributed by atoms with Crippen molar-refractivity contribution in [3.8, 4) is 0 Å². The molecule has 0 radical (unpaired) electrons. The van der Waals surface area contributed by atoms with Crippen molar-refractivity contribution in [1.29, 1.82) is 0 Å². The minimum atomic E-state index is -0.0296. The molecule has 0 N–H and O–H groups in total. The highest BCUT2D eigenvalue weighted by molar-refractivity contribution is 6.21. The predicted octanol–water partition coefficient (Wildman–Crippen LogP) is 2.12. The van der Waals surface area contributed by atoms with Gasteiger partial charge in [-0.05, 0) is 17.7 Å². The van der Waals surface area contributed by atoms with E-state index < -0.39 is 0 Å². The summed E-state index contributed by atoms with van der Waals surface area (Å²) in [5.74, 6) is 0. The first kappa shape index (κ1) is 7.42. The molecule has 0 aliphatic carbocycles. The van der Waals surface area contributed by atoms with E-state index in [1.165, 1.54) is 0 Å². The van der Waals surface area contributed by atoms with Gasteiger partial charge in [-0.25, -0.2) is 0 Å². The molecule has 0 spiro atoms. The molecule has 1 nitrogen and oxygen atoms in total. The summed E-state index contributed by atoms with van der Waals surface area (Å²) < 4.78 is 0. The molecule has 0 amide bonds. The number of nitrogens with zero attached hydrogens (tertiary/aromatic N) is 1. The molecule has 0 aromatic carbocycles. The minimum Gasteiger partial charge on any atom is -0.361 e. The first-order valence-corrected chi connectivity index (χ1v) is 3.56. The average Bonchev–Trinajstić information content (AvgIpc) is 1.95. The van der Waals surface area contributed by atoms with Gasteiger partial charge in [-0.1, -0.05) is 24.3 Å². The summed E-state index contributed by atoms with van der Waals surface area (Å²) in [5, 5.41) is 0. The fraction of sp³-hybridized carbons (Fsp3) is 0.250. The van der Waals surface area contributed by atoms with Crippen LogP contribution in [0.15, 0.2) is 36.6 Å². The summed E-state index contributed by atoms with van der Waals surface area (Å²) in [4.78, 5) is 1.93. The third-order valence-electron chi connectivity index (χ3n) is 1.46. The molecule has 1 heterocycles. The van der Waals surface area contributed by atoms with Crippen molar-refractivity contribution in [1.82, 2.24) is 4.90 Å². The third-order valence-corrected chi connectivity index (χ3v) is 1.89. The number of halogens is 1. The summed E-state index contributed by atoms with van der Waals surface area (Å²) in [5.41, 5.74) is 1.05. The van der Waals surface area contributed by atoms with Gasteiger partial charge in [-0.2, -0.15) is 0 Å². The van der Waals surface area contributed by atoms with E-state index in [1.54, 1.807) is 6.08 Å². The van der Waals surface area contributed by atoms with Gasteiger partial charge in [0.2, 0.25) is 0 Å². The van der Waals surface area contributed by atoms with Crippen molar-refractivity contribution in [2.24, 2.45) is 0 Å². The molecule has 1 rings (SSSR count). The smallest absolute Gasteiger partial charge is 0.123 e.